The molecule has 0 aliphatic carbocycles. The van der Waals surface area contributed by atoms with E-state index >= 15 is 0 Å². The molecule has 0 spiro atoms. The van der Waals surface area contributed by atoms with Crippen LogP contribution in [0, 0.1) is 0 Å². The largest absolute Gasteiger partial charge is 0.329 e. The predicted molar refractivity (Wildman–Crippen MR) is 35.3 cm³/mol. The summed E-state index contributed by atoms with van der Waals surface area (Å²) in [5.41, 5.74) is 4.82. The normalized spacial score (nSPS) is 14.7. The molecular weight excluding hydrogens is 182 g/mol. The van der Waals surface area contributed by atoms with Crippen LogP contribution < -0.4 is 5.73 Å². The Balaban J connectivity index is 4.55. The minimum absolute atomic E-state index is 0.513. The van der Waals surface area contributed by atoms with E-state index in [1.807, 2.05) is 0 Å². The second-order valence-corrected chi connectivity index (χ2v) is 3.51. The van der Waals surface area contributed by atoms with Crippen molar-refractivity contribution < 1.29 is 17.8 Å². The first-order valence-electron chi connectivity index (χ1n) is 2.25. The smallest absolute Gasteiger partial charge is 0.277 e. The van der Waals surface area contributed by atoms with Gasteiger partial charge in [0.05, 0.1) is 0 Å². The van der Waals surface area contributed by atoms with Crippen molar-refractivity contribution in [3.63, 3.8) is 0 Å². The van der Waals surface area contributed by atoms with Crippen LogP contribution in [-0.2, 0) is 14.9 Å². The molecule has 60 valence electrons. The van der Waals surface area contributed by atoms with Gasteiger partial charge in [-0.15, -0.1) is 0 Å². The Morgan fingerprint density at radius 2 is 2.10 bits per heavy atom. The lowest BCUT2D eigenvalue weighted by atomic mass is 10.5. The Bertz CT molecular complexity index is 223. The summed E-state index contributed by atoms with van der Waals surface area (Å²) in [5, 5.41) is -2.88. The minimum Gasteiger partial charge on any atom is -0.329 e. The van der Waals surface area contributed by atoms with E-state index in [-0.39, 0.29) is 0 Å². The molecule has 0 aliphatic rings. The van der Waals surface area contributed by atoms with Crippen LogP contribution in [0.3, 0.4) is 0 Å². The second-order valence-electron chi connectivity index (χ2n) is 1.54. The van der Waals surface area contributed by atoms with E-state index in [1.54, 1.807) is 0 Å². The molecule has 0 aliphatic heterocycles. The van der Waals surface area contributed by atoms with Gasteiger partial charge in [-0.1, -0.05) is 0 Å². The maximum Gasteiger partial charge on any atom is 0.277 e. The number of hydrogen-bond acceptors (Lipinski definition) is 4. The summed E-state index contributed by atoms with van der Waals surface area (Å²) in [6.45, 7) is -0.513. The van der Waals surface area contributed by atoms with Gasteiger partial charge < -0.3 is 5.73 Å². The van der Waals surface area contributed by atoms with Crippen molar-refractivity contribution in [2.45, 2.75) is 5.25 Å². The fraction of sp³-hybridized carbons (Fsp3) is 0.667. The fourth-order valence-electron chi connectivity index (χ4n) is 0.331. The zero-order valence-electron chi connectivity index (χ0n) is 4.82. The van der Waals surface area contributed by atoms with Crippen molar-refractivity contribution in [2.24, 2.45) is 5.73 Å². The number of halogens is 1. The van der Waals surface area contributed by atoms with Crippen molar-refractivity contribution in [1.29, 1.82) is 0 Å². The van der Waals surface area contributed by atoms with Crippen LogP contribution in [0.5, 0.6) is 0 Å². The van der Waals surface area contributed by atoms with Crippen molar-refractivity contribution in [3.8, 4) is 0 Å². The number of carbonyl (C=O) groups excluding carboxylic acids is 1. The average molecular weight is 188 g/mol. The first kappa shape index (κ1) is 9.83. The number of nitrogens with two attached hydrogens (primary N) is 1. The Morgan fingerprint density at radius 1 is 1.70 bits per heavy atom. The Labute approximate surface area is 62.9 Å². The summed E-state index contributed by atoms with van der Waals surface area (Å²) in [6.07, 6.45) is 0. The molecule has 0 aromatic rings. The lowest BCUT2D eigenvalue weighted by Crippen LogP contribution is -2.34. The van der Waals surface area contributed by atoms with Crippen molar-refractivity contribution in [3.05, 3.63) is 0 Å². The van der Waals surface area contributed by atoms with Crippen LogP contribution in [0.25, 0.3) is 0 Å². The van der Waals surface area contributed by atoms with Gasteiger partial charge in [-0.05, 0) is 11.6 Å². The van der Waals surface area contributed by atoms with Crippen LogP contribution in [0.1, 0.15) is 0 Å². The molecule has 0 saturated carbocycles. The SMILES string of the molecule is NCC(C(=O)Cl)S(=O)(=O)O. The minimum atomic E-state index is -4.42. The molecule has 7 heteroatoms. The number of rotatable bonds is 3. The molecule has 0 heterocycles. The highest BCUT2D eigenvalue weighted by molar-refractivity contribution is 7.87. The standard InChI is InChI=1S/C3H6ClNO4S/c4-3(6)2(1-5)10(7,8)9/h2H,1,5H2,(H,7,8,9). The summed E-state index contributed by atoms with van der Waals surface area (Å²) >= 11 is 4.77. The van der Waals surface area contributed by atoms with E-state index in [4.69, 9.17) is 21.9 Å². The molecule has 0 fully saturated rings. The highest BCUT2D eigenvalue weighted by atomic mass is 35.5. The maximum atomic E-state index is 10.2. The molecule has 0 bridgehead atoms. The molecule has 0 saturated heterocycles. The van der Waals surface area contributed by atoms with Gasteiger partial charge in [0, 0.05) is 6.54 Å². The van der Waals surface area contributed by atoms with Gasteiger partial charge in [-0.2, -0.15) is 8.42 Å². The summed E-state index contributed by atoms with van der Waals surface area (Å²) in [4.78, 5) is 10.2. The number of hydrogen-bond donors (Lipinski definition) is 2. The van der Waals surface area contributed by atoms with E-state index in [0.29, 0.717) is 0 Å². The first-order valence-corrected chi connectivity index (χ1v) is 4.13. The zero-order valence-corrected chi connectivity index (χ0v) is 6.39. The van der Waals surface area contributed by atoms with Crippen LogP contribution in [-0.4, -0.2) is 30.0 Å². The Hall–Kier alpha value is -0.170. The van der Waals surface area contributed by atoms with Crippen LogP contribution in [0.2, 0.25) is 0 Å². The molecule has 0 aromatic heterocycles. The topological polar surface area (TPSA) is 97.5 Å². The third-order valence-corrected chi connectivity index (χ3v) is 2.35. The van der Waals surface area contributed by atoms with E-state index in [1.165, 1.54) is 0 Å². The summed E-state index contributed by atoms with van der Waals surface area (Å²) in [6, 6.07) is 0. The van der Waals surface area contributed by atoms with E-state index in [0.717, 1.165) is 0 Å². The van der Waals surface area contributed by atoms with Crippen LogP contribution in [0.15, 0.2) is 0 Å². The molecule has 10 heavy (non-hydrogen) atoms. The summed E-state index contributed by atoms with van der Waals surface area (Å²) < 4.78 is 28.6. The lowest BCUT2D eigenvalue weighted by Gasteiger charge is -2.03. The van der Waals surface area contributed by atoms with Crippen molar-refractivity contribution in [2.75, 3.05) is 6.54 Å². The lowest BCUT2D eigenvalue weighted by molar-refractivity contribution is -0.111. The van der Waals surface area contributed by atoms with Crippen molar-refractivity contribution in [1.82, 2.24) is 0 Å². The molecule has 5 nitrogen and oxygen atoms in total. The zero-order chi connectivity index (χ0) is 8.36. The molecule has 1 atom stereocenters. The van der Waals surface area contributed by atoms with Gasteiger partial charge in [0.1, 0.15) is 0 Å². The Kier molecular flexibility index (Phi) is 3.23. The van der Waals surface area contributed by atoms with Crippen molar-refractivity contribution >= 4 is 27.0 Å². The molecule has 0 aromatic carbocycles. The molecular formula is C3H6ClNO4S. The molecule has 3 N–H and O–H groups in total. The third kappa shape index (κ3) is 2.61. The van der Waals surface area contributed by atoms with Gasteiger partial charge in [0.25, 0.3) is 10.1 Å². The number of carbonyl (C=O) groups is 1. The van der Waals surface area contributed by atoms with Gasteiger partial charge in [-0.25, -0.2) is 0 Å². The van der Waals surface area contributed by atoms with Gasteiger partial charge in [0.2, 0.25) is 5.24 Å². The van der Waals surface area contributed by atoms with Gasteiger partial charge in [-0.3, -0.25) is 9.35 Å². The van der Waals surface area contributed by atoms with E-state index < -0.39 is 27.2 Å². The Morgan fingerprint density at radius 3 is 2.10 bits per heavy atom. The third-order valence-electron chi connectivity index (χ3n) is 0.827. The maximum absolute atomic E-state index is 10.2. The van der Waals surface area contributed by atoms with E-state index in [2.05, 4.69) is 0 Å². The van der Waals surface area contributed by atoms with Gasteiger partial charge in [0.15, 0.2) is 5.25 Å². The fourth-order valence-corrected chi connectivity index (χ4v) is 1.24. The van der Waals surface area contributed by atoms with E-state index in [9.17, 15) is 13.2 Å². The monoisotopic (exact) mass is 187 g/mol. The van der Waals surface area contributed by atoms with Crippen LogP contribution >= 0.6 is 11.6 Å². The summed E-state index contributed by atoms with van der Waals surface area (Å²) in [7, 11) is -4.42. The predicted octanol–water partition coefficient (Wildman–Crippen LogP) is -1.03. The first-order chi connectivity index (χ1) is 4.39. The average Bonchev–Trinajstić information content (AvgIpc) is 1.60. The molecule has 0 amide bonds. The quantitative estimate of drug-likeness (QED) is 0.435. The highest BCUT2D eigenvalue weighted by Crippen LogP contribution is 2.00. The molecule has 0 radical (unpaired) electrons. The molecule has 0 rings (SSSR count). The summed E-state index contributed by atoms with van der Waals surface area (Å²) in [5.74, 6) is 0. The highest BCUT2D eigenvalue weighted by Gasteiger charge is 2.27. The van der Waals surface area contributed by atoms with Gasteiger partial charge >= 0.3 is 0 Å². The second kappa shape index (κ2) is 3.29. The molecule has 1 unspecified atom stereocenters. The van der Waals surface area contributed by atoms with Crippen LogP contribution in [0.4, 0.5) is 0 Å².